The molecule has 5 heteroatoms. The summed E-state index contributed by atoms with van der Waals surface area (Å²) in [5.74, 6) is 0.945. The van der Waals surface area contributed by atoms with Crippen molar-refractivity contribution in [3.63, 3.8) is 0 Å². The number of nitrogens with zero attached hydrogens (tertiary/aromatic N) is 2. The molecule has 2 aromatic carbocycles. The molecule has 0 saturated carbocycles. The number of benzene rings is 2. The fourth-order valence-corrected chi connectivity index (χ4v) is 4.04. The van der Waals surface area contributed by atoms with Gasteiger partial charge in [0.25, 0.3) is 0 Å². The largest absolute Gasteiger partial charge is 0.492 e. The first-order chi connectivity index (χ1) is 14.1. The molecule has 1 aliphatic heterocycles. The number of aryl methyl sites for hydroxylation is 2. The highest BCUT2D eigenvalue weighted by Crippen LogP contribution is 2.29. The molecule has 1 fully saturated rings. The lowest BCUT2D eigenvalue weighted by molar-refractivity contribution is 0.249. The van der Waals surface area contributed by atoms with Crippen LogP contribution in [-0.2, 0) is 6.54 Å². The average Bonchev–Trinajstić information content (AvgIpc) is 2.72. The van der Waals surface area contributed by atoms with E-state index in [4.69, 9.17) is 9.15 Å². The minimum Gasteiger partial charge on any atom is -0.492 e. The lowest BCUT2D eigenvalue weighted by atomic mass is 10.0. The summed E-state index contributed by atoms with van der Waals surface area (Å²) in [4.78, 5) is 16.9. The van der Waals surface area contributed by atoms with Crippen molar-refractivity contribution in [2.24, 2.45) is 0 Å². The second-order valence-electron chi connectivity index (χ2n) is 7.64. The Balaban J connectivity index is 1.51. The molecular formula is C24H28N2O3. The van der Waals surface area contributed by atoms with Crippen LogP contribution in [0.4, 0.5) is 5.69 Å². The molecule has 0 unspecified atom stereocenters. The van der Waals surface area contributed by atoms with Crippen LogP contribution in [0.1, 0.15) is 23.6 Å². The normalized spacial score (nSPS) is 15.1. The van der Waals surface area contributed by atoms with Crippen LogP contribution in [0.2, 0.25) is 0 Å². The van der Waals surface area contributed by atoms with E-state index in [1.54, 1.807) is 6.07 Å². The van der Waals surface area contributed by atoms with Crippen molar-refractivity contribution in [3.05, 3.63) is 69.6 Å². The summed E-state index contributed by atoms with van der Waals surface area (Å²) < 4.78 is 11.3. The van der Waals surface area contributed by atoms with Crippen LogP contribution in [0.5, 0.6) is 5.75 Å². The standard InChI is InChI=1S/C24H28N2O3/c1-4-28-22-8-6-5-7-21(22)26-13-11-25(12-14-26)16-19-15-23(27)29-24-18(3)17(2)9-10-20(19)24/h5-10,15H,4,11-14,16H2,1-3H3. The molecular weight excluding hydrogens is 364 g/mol. The van der Waals surface area contributed by atoms with E-state index in [0.717, 1.165) is 71.8 Å². The average molecular weight is 392 g/mol. The van der Waals surface area contributed by atoms with Gasteiger partial charge in [0, 0.05) is 44.2 Å². The Bertz CT molecular complexity index is 1070. The number of rotatable bonds is 5. The van der Waals surface area contributed by atoms with Crippen molar-refractivity contribution >= 4 is 16.7 Å². The van der Waals surface area contributed by atoms with Crippen molar-refractivity contribution in [2.45, 2.75) is 27.3 Å². The summed E-state index contributed by atoms with van der Waals surface area (Å²) in [6.45, 7) is 11.2. The zero-order valence-corrected chi connectivity index (χ0v) is 17.4. The smallest absolute Gasteiger partial charge is 0.336 e. The summed E-state index contributed by atoms with van der Waals surface area (Å²) >= 11 is 0. The Hall–Kier alpha value is -2.79. The lowest BCUT2D eigenvalue weighted by Crippen LogP contribution is -2.46. The summed E-state index contributed by atoms with van der Waals surface area (Å²) in [7, 11) is 0. The molecule has 0 spiro atoms. The van der Waals surface area contributed by atoms with Crippen molar-refractivity contribution in [1.29, 1.82) is 0 Å². The second-order valence-corrected chi connectivity index (χ2v) is 7.64. The highest BCUT2D eigenvalue weighted by Gasteiger charge is 2.21. The molecule has 1 aromatic heterocycles. The van der Waals surface area contributed by atoms with Crippen LogP contribution >= 0.6 is 0 Å². The second kappa shape index (κ2) is 8.29. The van der Waals surface area contributed by atoms with Gasteiger partial charge in [-0.25, -0.2) is 4.79 Å². The zero-order chi connectivity index (χ0) is 20.4. The lowest BCUT2D eigenvalue weighted by Gasteiger charge is -2.36. The van der Waals surface area contributed by atoms with Crippen LogP contribution in [-0.4, -0.2) is 37.7 Å². The van der Waals surface area contributed by atoms with E-state index in [1.165, 1.54) is 0 Å². The van der Waals surface area contributed by atoms with Crippen LogP contribution in [0.25, 0.3) is 11.0 Å². The number of hydrogen-bond donors (Lipinski definition) is 0. The van der Waals surface area contributed by atoms with E-state index < -0.39 is 0 Å². The third kappa shape index (κ3) is 4.01. The summed E-state index contributed by atoms with van der Waals surface area (Å²) in [5.41, 5.74) is 4.83. The summed E-state index contributed by atoms with van der Waals surface area (Å²) in [5, 5.41) is 1.04. The van der Waals surface area contributed by atoms with Gasteiger partial charge < -0.3 is 14.1 Å². The SMILES string of the molecule is CCOc1ccccc1N1CCN(Cc2cc(=O)oc3c(C)c(C)ccc23)CC1. The van der Waals surface area contributed by atoms with Gasteiger partial charge in [0.1, 0.15) is 11.3 Å². The van der Waals surface area contributed by atoms with Crippen molar-refractivity contribution < 1.29 is 9.15 Å². The Morgan fingerprint density at radius 2 is 1.79 bits per heavy atom. The first-order valence-corrected chi connectivity index (χ1v) is 10.3. The molecule has 152 valence electrons. The maximum atomic E-state index is 12.1. The number of hydrogen-bond acceptors (Lipinski definition) is 5. The Morgan fingerprint density at radius 1 is 1.03 bits per heavy atom. The third-order valence-corrected chi connectivity index (χ3v) is 5.79. The minimum absolute atomic E-state index is 0.273. The molecule has 3 aromatic rings. The predicted octanol–water partition coefficient (Wildman–Crippen LogP) is 4.13. The van der Waals surface area contributed by atoms with E-state index in [2.05, 4.69) is 34.1 Å². The molecule has 0 bridgehead atoms. The van der Waals surface area contributed by atoms with Gasteiger partial charge in [-0.05, 0) is 49.6 Å². The number of fused-ring (bicyclic) bond motifs is 1. The van der Waals surface area contributed by atoms with Gasteiger partial charge in [-0.3, -0.25) is 4.90 Å². The molecule has 1 aliphatic rings. The number of ether oxygens (including phenoxy) is 1. The van der Waals surface area contributed by atoms with Crippen molar-refractivity contribution in [3.8, 4) is 5.75 Å². The van der Waals surface area contributed by atoms with Gasteiger partial charge in [0.05, 0.1) is 12.3 Å². The molecule has 0 amide bonds. The molecule has 2 heterocycles. The van der Waals surface area contributed by atoms with Crippen LogP contribution in [0.15, 0.2) is 51.7 Å². The topological polar surface area (TPSA) is 45.9 Å². The van der Waals surface area contributed by atoms with Crippen molar-refractivity contribution in [1.82, 2.24) is 4.90 Å². The van der Waals surface area contributed by atoms with E-state index in [1.807, 2.05) is 32.9 Å². The van der Waals surface area contributed by atoms with Crippen LogP contribution in [0, 0.1) is 13.8 Å². The molecule has 0 atom stereocenters. The predicted molar refractivity (Wildman–Crippen MR) is 117 cm³/mol. The monoisotopic (exact) mass is 392 g/mol. The van der Waals surface area contributed by atoms with Crippen LogP contribution < -0.4 is 15.3 Å². The van der Waals surface area contributed by atoms with Crippen molar-refractivity contribution in [2.75, 3.05) is 37.7 Å². The van der Waals surface area contributed by atoms with Gasteiger partial charge in [0.15, 0.2) is 0 Å². The molecule has 0 radical (unpaired) electrons. The maximum absolute atomic E-state index is 12.1. The van der Waals surface area contributed by atoms with Gasteiger partial charge >= 0.3 is 5.63 Å². The maximum Gasteiger partial charge on any atom is 0.336 e. The van der Waals surface area contributed by atoms with Crippen LogP contribution in [0.3, 0.4) is 0 Å². The van der Waals surface area contributed by atoms with E-state index in [9.17, 15) is 4.79 Å². The minimum atomic E-state index is -0.273. The number of para-hydroxylation sites is 2. The quantitative estimate of drug-likeness (QED) is 0.611. The third-order valence-electron chi connectivity index (χ3n) is 5.79. The first kappa shape index (κ1) is 19.5. The molecule has 0 N–H and O–H groups in total. The summed E-state index contributed by atoms with van der Waals surface area (Å²) in [6, 6.07) is 14.1. The fraction of sp³-hybridized carbons (Fsp3) is 0.375. The molecule has 5 nitrogen and oxygen atoms in total. The van der Waals surface area contributed by atoms with E-state index in [0.29, 0.717) is 6.61 Å². The molecule has 4 rings (SSSR count). The highest BCUT2D eigenvalue weighted by atomic mass is 16.5. The fourth-order valence-electron chi connectivity index (χ4n) is 4.04. The molecule has 0 aliphatic carbocycles. The highest BCUT2D eigenvalue weighted by molar-refractivity contribution is 5.83. The zero-order valence-electron chi connectivity index (χ0n) is 17.4. The van der Waals surface area contributed by atoms with Gasteiger partial charge in [0.2, 0.25) is 0 Å². The van der Waals surface area contributed by atoms with Gasteiger partial charge in [-0.1, -0.05) is 24.3 Å². The number of piperazine rings is 1. The van der Waals surface area contributed by atoms with Gasteiger partial charge in [-0.2, -0.15) is 0 Å². The number of anilines is 1. The Labute approximate surface area is 171 Å². The molecule has 29 heavy (non-hydrogen) atoms. The summed E-state index contributed by atoms with van der Waals surface area (Å²) in [6.07, 6.45) is 0. The van der Waals surface area contributed by atoms with E-state index >= 15 is 0 Å². The van der Waals surface area contributed by atoms with Gasteiger partial charge in [-0.15, -0.1) is 0 Å². The first-order valence-electron chi connectivity index (χ1n) is 10.3. The Kier molecular flexibility index (Phi) is 5.58. The Morgan fingerprint density at radius 3 is 2.55 bits per heavy atom. The van der Waals surface area contributed by atoms with E-state index in [-0.39, 0.29) is 5.63 Å². The molecule has 1 saturated heterocycles.